The van der Waals surface area contributed by atoms with Crippen molar-refractivity contribution in [3.8, 4) is 0 Å². The Labute approximate surface area is 95.4 Å². The van der Waals surface area contributed by atoms with Crippen molar-refractivity contribution in [2.24, 2.45) is 0 Å². The predicted molar refractivity (Wildman–Crippen MR) is 62.7 cm³/mol. The fourth-order valence-electron chi connectivity index (χ4n) is 1.01. The van der Waals surface area contributed by atoms with E-state index >= 15 is 0 Å². The molecule has 0 saturated carbocycles. The number of amides is 1. The van der Waals surface area contributed by atoms with Crippen LogP contribution in [0.5, 0.6) is 0 Å². The van der Waals surface area contributed by atoms with Gasteiger partial charge in [0.25, 0.3) is 0 Å². The molecule has 0 spiro atoms. The number of carbonyl (C=O) groups excluding carboxylic acids is 1. The number of ether oxygens (including phenoxy) is 1. The summed E-state index contributed by atoms with van der Waals surface area (Å²) >= 11 is 0. The summed E-state index contributed by atoms with van der Waals surface area (Å²) < 4.78 is 4.77. The quantitative estimate of drug-likeness (QED) is 0.624. The smallest absolute Gasteiger partial charge is 0.410 e. The average molecular weight is 217 g/mol. The van der Waals surface area contributed by atoms with E-state index in [1.807, 2.05) is 44.2 Å². The summed E-state index contributed by atoms with van der Waals surface area (Å²) in [5.74, 6) is 0. The minimum absolute atomic E-state index is 0.461. The van der Waals surface area contributed by atoms with Crippen LogP contribution in [-0.2, 0) is 11.3 Å². The predicted octanol–water partition coefficient (Wildman–Crippen LogP) is 2.99. The summed E-state index contributed by atoms with van der Waals surface area (Å²) in [5.41, 5.74) is 4.77. The van der Waals surface area contributed by atoms with Gasteiger partial charge in [-0.05, 0) is 25.0 Å². The van der Waals surface area contributed by atoms with Gasteiger partial charge in [0.15, 0.2) is 0 Å². The van der Waals surface area contributed by atoms with Gasteiger partial charge in [0.05, 0.1) is 0 Å². The van der Waals surface area contributed by atoms with E-state index in [2.05, 4.69) is 11.0 Å². The van der Waals surface area contributed by atoms with Crippen LogP contribution >= 0.6 is 0 Å². The Morgan fingerprint density at radius 3 is 2.69 bits per heavy atom. The SMILES string of the molecule is CC(C)=C=COC(=O)NCc1ccccc1. The minimum atomic E-state index is -0.474. The van der Waals surface area contributed by atoms with Crippen molar-refractivity contribution in [3.05, 3.63) is 53.5 Å². The molecule has 1 rings (SSSR count). The van der Waals surface area contributed by atoms with Crippen LogP contribution in [0.2, 0.25) is 0 Å². The molecular formula is C13H15NO2. The topological polar surface area (TPSA) is 38.3 Å². The average Bonchev–Trinajstić information content (AvgIpc) is 2.27. The number of hydrogen-bond acceptors (Lipinski definition) is 2. The Morgan fingerprint density at radius 2 is 2.06 bits per heavy atom. The molecule has 0 bridgehead atoms. The number of benzene rings is 1. The Hall–Kier alpha value is -1.99. The molecule has 0 aliphatic heterocycles. The van der Waals surface area contributed by atoms with Gasteiger partial charge in [-0.1, -0.05) is 36.1 Å². The molecule has 1 amide bonds. The highest BCUT2D eigenvalue weighted by molar-refractivity contribution is 5.67. The molecule has 0 atom stereocenters. The Bertz CT molecular complexity index is 399. The first-order valence-electron chi connectivity index (χ1n) is 5.05. The molecule has 0 aromatic heterocycles. The highest BCUT2D eigenvalue weighted by atomic mass is 16.5. The summed E-state index contributed by atoms with van der Waals surface area (Å²) in [6, 6.07) is 9.65. The molecular weight excluding hydrogens is 202 g/mol. The Morgan fingerprint density at radius 1 is 1.38 bits per heavy atom. The summed E-state index contributed by atoms with van der Waals surface area (Å²) in [6.07, 6.45) is 0.785. The lowest BCUT2D eigenvalue weighted by Gasteiger charge is -2.02. The molecule has 3 heteroatoms. The van der Waals surface area contributed by atoms with Gasteiger partial charge in [0.2, 0.25) is 0 Å². The van der Waals surface area contributed by atoms with Crippen molar-refractivity contribution in [2.45, 2.75) is 20.4 Å². The molecule has 0 aliphatic carbocycles. The van der Waals surface area contributed by atoms with Crippen molar-refractivity contribution in [2.75, 3.05) is 0 Å². The first-order valence-corrected chi connectivity index (χ1v) is 5.05. The second-order valence-electron chi connectivity index (χ2n) is 3.51. The van der Waals surface area contributed by atoms with Crippen molar-refractivity contribution in [3.63, 3.8) is 0 Å². The lowest BCUT2D eigenvalue weighted by molar-refractivity contribution is 0.185. The lowest BCUT2D eigenvalue weighted by Crippen LogP contribution is -2.21. The van der Waals surface area contributed by atoms with Gasteiger partial charge in [-0.15, -0.1) is 0 Å². The van der Waals surface area contributed by atoms with E-state index in [-0.39, 0.29) is 0 Å². The van der Waals surface area contributed by atoms with Crippen LogP contribution in [0.15, 0.2) is 47.9 Å². The van der Waals surface area contributed by atoms with Gasteiger partial charge in [0, 0.05) is 6.54 Å². The Kier molecular flexibility index (Phi) is 4.90. The third-order valence-electron chi connectivity index (χ3n) is 1.79. The zero-order chi connectivity index (χ0) is 11.8. The molecule has 1 N–H and O–H groups in total. The maximum atomic E-state index is 11.2. The van der Waals surface area contributed by atoms with Crippen LogP contribution in [0.25, 0.3) is 0 Å². The highest BCUT2D eigenvalue weighted by Crippen LogP contribution is 1.97. The molecule has 16 heavy (non-hydrogen) atoms. The largest absolute Gasteiger partial charge is 0.412 e. The molecule has 3 nitrogen and oxygen atoms in total. The van der Waals surface area contributed by atoms with Crippen molar-refractivity contribution in [1.29, 1.82) is 0 Å². The van der Waals surface area contributed by atoms with Gasteiger partial charge in [-0.25, -0.2) is 4.79 Å². The first-order chi connectivity index (χ1) is 7.68. The minimum Gasteiger partial charge on any atom is -0.410 e. The number of rotatable bonds is 3. The van der Waals surface area contributed by atoms with E-state index in [4.69, 9.17) is 4.74 Å². The molecule has 0 unspecified atom stereocenters. The van der Waals surface area contributed by atoms with E-state index in [1.165, 1.54) is 6.26 Å². The fraction of sp³-hybridized carbons (Fsp3) is 0.231. The third-order valence-corrected chi connectivity index (χ3v) is 1.79. The van der Waals surface area contributed by atoms with Gasteiger partial charge in [0.1, 0.15) is 6.26 Å². The van der Waals surface area contributed by atoms with Crippen LogP contribution in [0.4, 0.5) is 4.79 Å². The van der Waals surface area contributed by atoms with Gasteiger partial charge < -0.3 is 10.1 Å². The summed E-state index contributed by atoms with van der Waals surface area (Å²) in [5, 5.41) is 2.63. The van der Waals surface area contributed by atoms with Gasteiger partial charge in [-0.2, -0.15) is 0 Å². The van der Waals surface area contributed by atoms with Crippen molar-refractivity contribution >= 4 is 6.09 Å². The maximum Gasteiger partial charge on any atom is 0.412 e. The van der Waals surface area contributed by atoms with Crippen molar-refractivity contribution in [1.82, 2.24) is 5.32 Å². The van der Waals surface area contributed by atoms with Crippen molar-refractivity contribution < 1.29 is 9.53 Å². The second-order valence-corrected chi connectivity index (χ2v) is 3.51. The molecule has 0 radical (unpaired) electrons. The zero-order valence-corrected chi connectivity index (χ0v) is 9.49. The molecule has 0 heterocycles. The van der Waals surface area contributed by atoms with Gasteiger partial charge >= 0.3 is 6.09 Å². The van der Waals surface area contributed by atoms with Crippen LogP contribution in [-0.4, -0.2) is 6.09 Å². The fourth-order valence-corrected chi connectivity index (χ4v) is 1.01. The molecule has 0 aliphatic rings. The second kappa shape index (κ2) is 6.49. The van der Waals surface area contributed by atoms with Crippen LogP contribution < -0.4 is 5.32 Å². The third kappa shape index (κ3) is 5.03. The number of allylic oxidation sites excluding steroid dienone is 1. The normalized spacial score (nSPS) is 8.88. The summed E-state index contributed by atoms with van der Waals surface area (Å²) in [6.45, 7) is 4.21. The zero-order valence-electron chi connectivity index (χ0n) is 9.49. The number of alkyl carbamates (subject to hydrolysis) is 1. The molecule has 84 valence electrons. The van der Waals surface area contributed by atoms with E-state index < -0.39 is 6.09 Å². The van der Waals surface area contributed by atoms with E-state index in [0.717, 1.165) is 11.1 Å². The molecule has 1 aromatic carbocycles. The van der Waals surface area contributed by atoms with Gasteiger partial charge in [-0.3, -0.25) is 0 Å². The number of hydrogen-bond donors (Lipinski definition) is 1. The molecule has 1 aromatic rings. The number of carbonyl (C=O) groups is 1. The molecule has 0 fully saturated rings. The lowest BCUT2D eigenvalue weighted by atomic mass is 10.2. The monoisotopic (exact) mass is 217 g/mol. The van der Waals surface area contributed by atoms with E-state index in [9.17, 15) is 4.79 Å². The van der Waals surface area contributed by atoms with Crippen LogP contribution in [0.1, 0.15) is 19.4 Å². The standard InChI is InChI=1S/C13H15NO2/c1-11(2)8-9-16-13(15)14-10-12-6-4-3-5-7-12/h3-7,9H,10H2,1-2H3,(H,14,15). The van der Waals surface area contributed by atoms with E-state index in [0.29, 0.717) is 6.54 Å². The first kappa shape index (κ1) is 12.1. The number of nitrogens with one attached hydrogen (secondary N) is 1. The summed E-state index contributed by atoms with van der Waals surface area (Å²) in [4.78, 5) is 11.2. The maximum absolute atomic E-state index is 11.2. The Balaban J connectivity index is 2.34. The summed E-state index contributed by atoms with van der Waals surface area (Å²) in [7, 11) is 0. The molecule has 0 saturated heterocycles. The van der Waals surface area contributed by atoms with Crippen LogP contribution in [0, 0.1) is 0 Å². The van der Waals surface area contributed by atoms with E-state index in [1.54, 1.807) is 0 Å². The van der Waals surface area contributed by atoms with Crippen LogP contribution in [0.3, 0.4) is 0 Å². The highest BCUT2D eigenvalue weighted by Gasteiger charge is 1.98.